The Morgan fingerprint density at radius 2 is 2.29 bits per heavy atom. The second-order valence-corrected chi connectivity index (χ2v) is 4.60. The van der Waals surface area contributed by atoms with Crippen LogP contribution >= 0.6 is 0 Å². The first-order valence-electron chi connectivity index (χ1n) is 5.75. The molecule has 1 heterocycles. The van der Waals surface area contributed by atoms with Gasteiger partial charge in [0.15, 0.2) is 0 Å². The van der Waals surface area contributed by atoms with Gasteiger partial charge in [-0.3, -0.25) is 0 Å². The van der Waals surface area contributed by atoms with E-state index in [0.717, 1.165) is 6.61 Å². The monoisotopic (exact) mass is 199 g/mol. The van der Waals surface area contributed by atoms with Gasteiger partial charge in [-0.05, 0) is 26.2 Å². The molecule has 1 aliphatic heterocycles. The van der Waals surface area contributed by atoms with Crippen molar-refractivity contribution in [1.29, 1.82) is 0 Å². The van der Waals surface area contributed by atoms with Gasteiger partial charge in [0.1, 0.15) is 6.79 Å². The maximum atomic E-state index is 5.59. The summed E-state index contributed by atoms with van der Waals surface area (Å²) in [6.07, 6.45) is 4.03. The molecule has 3 nitrogen and oxygen atoms in total. The van der Waals surface area contributed by atoms with Gasteiger partial charge in [-0.2, -0.15) is 0 Å². The lowest BCUT2D eigenvalue weighted by Gasteiger charge is -2.25. The third kappa shape index (κ3) is 2.27. The average molecular weight is 199 g/mol. The Labute approximate surface area is 86.2 Å². The summed E-state index contributed by atoms with van der Waals surface area (Å²) in [6, 6.07) is 1.27. The summed E-state index contributed by atoms with van der Waals surface area (Å²) in [7, 11) is 0. The Kier molecular flexibility index (Phi) is 3.42. The van der Waals surface area contributed by atoms with Gasteiger partial charge in [-0.15, -0.1) is 0 Å². The Morgan fingerprint density at radius 1 is 1.43 bits per heavy atom. The highest BCUT2D eigenvalue weighted by atomic mass is 16.7. The van der Waals surface area contributed by atoms with E-state index in [1.165, 1.54) is 19.3 Å². The molecule has 4 atom stereocenters. The molecule has 0 aromatic heterocycles. The maximum Gasteiger partial charge on any atom is 0.147 e. The predicted molar refractivity (Wildman–Crippen MR) is 55.1 cm³/mol. The second-order valence-electron chi connectivity index (χ2n) is 4.60. The minimum atomic E-state index is 0.449. The molecule has 1 saturated heterocycles. The van der Waals surface area contributed by atoms with Crippen LogP contribution in [0.15, 0.2) is 0 Å². The van der Waals surface area contributed by atoms with Crippen LogP contribution in [-0.2, 0) is 9.47 Å². The number of hydrogen-bond acceptors (Lipinski definition) is 3. The van der Waals surface area contributed by atoms with Crippen molar-refractivity contribution in [3.05, 3.63) is 0 Å². The molecule has 82 valence electrons. The largest absolute Gasteiger partial charge is 0.355 e. The zero-order chi connectivity index (χ0) is 9.97. The first kappa shape index (κ1) is 10.4. The fraction of sp³-hybridized carbons (Fsp3) is 1.00. The minimum absolute atomic E-state index is 0.449. The molecule has 1 aliphatic carbocycles. The van der Waals surface area contributed by atoms with E-state index in [-0.39, 0.29) is 0 Å². The third-order valence-corrected chi connectivity index (χ3v) is 3.46. The first-order valence-corrected chi connectivity index (χ1v) is 5.75. The van der Waals surface area contributed by atoms with Gasteiger partial charge in [-0.25, -0.2) is 0 Å². The predicted octanol–water partition coefficient (Wildman–Crippen LogP) is 1.53. The van der Waals surface area contributed by atoms with E-state index < -0.39 is 0 Å². The second kappa shape index (κ2) is 4.60. The van der Waals surface area contributed by atoms with Crippen LogP contribution in [0.4, 0.5) is 0 Å². The normalized spacial score (nSPS) is 39.4. The van der Waals surface area contributed by atoms with Crippen molar-refractivity contribution in [2.45, 2.75) is 51.3 Å². The van der Waals surface area contributed by atoms with Crippen LogP contribution in [0.25, 0.3) is 0 Å². The summed E-state index contributed by atoms with van der Waals surface area (Å²) in [5.74, 6) is 0.630. The first-order chi connectivity index (χ1) is 6.79. The van der Waals surface area contributed by atoms with Gasteiger partial charge in [0.05, 0.1) is 12.7 Å². The minimum Gasteiger partial charge on any atom is -0.355 e. The lowest BCUT2D eigenvalue weighted by molar-refractivity contribution is -0.159. The Morgan fingerprint density at radius 3 is 3.00 bits per heavy atom. The zero-order valence-corrected chi connectivity index (χ0v) is 9.16. The number of hydrogen-bond donors (Lipinski definition) is 1. The van der Waals surface area contributed by atoms with Crippen LogP contribution in [0, 0.1) is 5.92 Å². The number of ether oxygens (including phenoxy) is 2. The lowest BCUT2D eigenvalue weighted by Crippen LogP contribution is -2.34. The fourth-order valence-corrected chi connectivity index (χ4v) is 2.46. The highest BCUT2D eigenvalue weighted by Crippen LogP contribution is 2.31. The van der Waals surface area contributed by atoms with Gasteiger partial charge in [-0.1, -0.05) is 6.92 Å². The van der Waals surface area contributed by atoms with Crippen molar-refractivity contribution in [2.24, 2.45) is 5.92 Å². The van der Waals surface area contributed by atoms with Crippen LogP contribution in [-0.4, -0.2) is 31.6 Å². The SMILES string of the molecule is CCC(C)NC1CC2COCOC2C1. The van der Waals surface area contributed by atoms with Gasteiger partial charge in [0, 0.05) is 18.0 Å². The molecule has 1 N–H and O–H groups in total. The summed E-state index contributed by atoms with van der Waals surface area (Å²) >= 11 is 0. The third-order valence-electron chi connectivity index (χ3n) is 3.46. The molecule has 0 spiro atoms. The quantitative estimate of drug-likeness (QED) is 0.747. The highest BCUT2D eigenvalue weighted by Gasteiger charge is 2.37. The molecule has 0 amide bonds. The van der Waals surface area contributed by atoms with Gasteiger partial charge < -0.3 is 14.8 Å². The summed E-state index contributed by atoms with van der Waals surface area (Å²) in [5, 5.41) is 3.65. The van der Waals surface area contributed by atoms with E-state index in [9.17, 15) is 0 Å². The molecule has 4 unspecified atom stereocenters. The lowest BCUT2D eigenvalue weighted by atomic mass is 10.1. The molecule has 3 heteroatoms. The van der Waals surface area contributed by atoms with Crippen molar-refractivity contribution in [3.8, 4) is 0 Å². The van der Waals surface area contributed by atoms with Crippen LogP contribution in [0.2, 0.25) is 0 Å². The number of fused-ring (bicyclic) bond motifs is 1. The maximum absolute atomic E-state index is 5.59. The zero-order valence-electron chi connectivity index (χ0n) is 9.16. The van der Waals surface area contributed by atoms with Crippen molar-refractivity contribution in [3.63, 3.8) is 0 Å². The van der Waals surface area contributed by atoms with E-state index in [1.54, 1.807) is 0 Å². The van der Waals surface area contributed by atoms with E-state index in [4.69, 9.17) is 9.47 Å². The van der Waals surface area contributed by atoms with Crippen LogP contribution in [0.5, 0.6) is 0 Å². The van der Waals surface area contributed by atoms with E-state index in [2.05, 4.69) is 19.2 Å². The van der Waals surface area contributed by atoms with Crippen molar-refractivity contribution in [1.82, 2.24) is 5.32 Å². The van der Waals surface area contributed by atoms with Crippen LogP contribution in [0.3, 0.4) is 0 Å². The summed E-state index contributed by atoms with van der Waals surface area (Å²) < 4.78 is 10.9. The molecular formula is C11H21NO2. The molecule has 2 aliphatic rings. The molecule has 0 radical (unpaired) electrons. The molecule has 1 saturated carbocycles. The van der Waals surface area contributed by atoms with E-state index >= 15 is 0 Å². The van der Waals surface area contributed by atoms with Crippen molar-refractivity contribution in [2.75, 3.05) is 13.4 Å². The highest BCUT2D eigenvalue weighted by molar-refractivity contribution is 4.90. The van der Waals surface area contributed by atoms with Crippen LogP contribution < -0.4 is 5.32 Å². The molecule has 14 heavy (non-hydrogen) atoms. The molecular weight excluding hydrogens is 178 g/mol. The summed E-state index contributed by atoms with van der Waals surface area (Å²) in [4.78, 5) is 0. The van der Waals surface area contributed by atoms with E-state index in [0.29, 0.717) is 30.9 Å². The summed E-state index contributed by atoms with van der Waals surface area (Å²) in [5.41, 5.74) is 0. The molecule has 0 aromatic rings. The molecule has 2 rings (SSSR count). The van der Waals surface area contributed by atoms with E-state index in [1.807, 2.05) is 0 Å². The Hall–Kier alpha value is -0.120. The van der Waals surface area contributed by atoms with Crippen molar-refractivity contribution >= 4 is 0 Å². The molecule has 0 bridgehead atoms. The summed E-state index contributed by atoms with van der Waals surface area (Å²) in [6.45, 7) is 5.86. The average Bonchev–Trinajstić information content (AvgIpc) is 2.59. The Bertz CT molecular complexity index is 172. The fourth-order valence-electron chi connectivity index (χ4n) is 2.46. The number of rotatable bonds is 3. The van der Waals surface area contributed by atoms with Crippen molar-refractivity contribution < 1.29 is 9.47 Å². The van der Waals surface area contributed by atoms with Gasteiger partial charge in [0.2, 0.25) is 0 Å². The standard InChI is InChI=1S/C11H21NO2/c1-3-8(2)12-10-4-9-6-13-7-14-11(9)5-10/h8-12H,3-7H2,1-2H3. The number of nitrogens with one attached hydrogen (secondary N) is 1. The molecule has 2 fully saturated rings. The Balaban J connectivity index is 1.80. The van der Waals surface area contributed by atoms with Crippen LogP contribution in [0.1, 0.15) is 33.1 Å². The van der Waals surface area contributed by atoms with Gasteiger partial charge >= 0.3 is 0 Å². The smallest absolute Gasteiger partial charge is 0.147 e. The topological polar surface area (TPSA) is 30.5 Å². The van der Waals surface area contributed by atoms with Gasteiger partial charge in [0.25, 0.3) is 0 Å². The molecule has 0 aromatic carbocycles.